The summed E-state index contributed by atoms with van der Waals surface area (Å²) in [7, 11) is -1.09. The Bertz CT molecular complexity index is 212. The van der Waals surface area contributed by atoms with Crippen molar-refractivity contribution in [2.24, 2.45) is 0 Å². The van der Waals surface area contributed by atoms with E-state index in [0.717, 1.165) is 6.17 Å². The lowest BCUT2D eigenvalue weighted by atomic mass is 10.5. The van der Waals surface area contributed by atoms with Gasteiger partial charge in [-0.2, -0.15) is 5.10 Å². The molecule has 0 spiro atoms. The molecule has 1 rings (SSSR count). The second kappa shape index (κ2) is 4.37. The summed E-state index contributed by atoms with van der Waals surface area (Å²) >= 11 is 0. The van der Waals surface area contributed by atoms with Crippen LogP contribution in [0.4, 0.5) is 0 Å². The molecule has 1 atom stereocenters. The largest absolute Gasteiger partial charge is 0.416 e. The molecule has 0 aliphatic carbocycles. The molecule has 0 radical (unpaired) electrons. The average Bonchev–Trinajstić information content (AvgIpc) is 2.37. The van der Waals surface area contributed by atoms with Gasteiger partial charge in [0.15, 0.2) is 9.04 Å². The minimum Gasteiger partial charge on any atom is -0.416 e. The number of aromatic nitrogens is 3. The fourth-order valence-corrected chi connectivity index (χ4v) is 2.83. The molecular weight excluding hydrogens is 170 g/mol. The van der Waals surface area contributed by atoms with Gasteiger partial charge in [-0.05, 0) is 20.4 Å². The number of hydrogen-bond donors (Lipinski definition) is 0. The molecule has 12 heavy (non-hydrogen) atoms. The Morgan fingerprint density at radius 1 is 1.58 bits per heavy atom. The van der Waals surface area contributed by atoms with Crippen molar-refractivity contribution in [3.8, 4) is 0 Å². The van der Waals surface area contributed by atoms with E-state index in [1.165, 1.54) is 0 Å². The van der Waals surface area contributed by atoms with Crippen LogP contribution in [0, 0.1) is 0 Å². The highest BCUT2D eigenvalue weighted by atomic mass is 28.3. The Morgan fingerprint density at radius 2 is 2.33 bits per heavy atom. The van der Waals surface area contributed by atoms with E-state index in [-0.39, 0.29) is 0 Å². The van der Waals surface area contributed by atoms with Crippen LogP contribution in [0.1, 0.15) is 13.8 Å². The van der Waals surface area contributed by atoms with Crippen molar-refractivity contribution in [2.45, 2.75) is 32.7 Å². The van der Waals surface area contributed by atoms with E-state index in [1.807, 2.05) is 4.68 Å². The minimum atomic E-state index is -1.09. The molecule has 5 heteroatoms. The summed E-state index contributed by atoms with van der Waals surface area (Å²) in [4.78, 5) is 3.87. The van der Waals surface area contributed by atoms with Crippen LogP contribution in [0.3, 0.4) is 0 Å². The highest BCUT2D eigenvalue weighted by Gasteiger charge is 2.07. The van der Waals surface area contributed by atoms with Crippen molar-refractivity contribution in [3.05, 3.63) is 12.7 Å². The molecule has 1 aromatic rings. The number of hydrogen-bond acceptors (Lipinski definition) is 3. The van der Waals surface area contributed by atoms with E-state index >= 15 is 0 Å². The van der Waals surface area contributed by atoms with Crippen LogP contribution in [0.15, 0.2) is 12.7 Å². The molecule has 0 fully saturated rings. The van der Waals surface area contributed by atoms with Crippen molar-refractivity contribution >= 4 is 9.04 Å². The average molecular weight is 185 g/mol. The zero-order chi connectivity index (χ0) is 8.97. The van der Waals surface area contributed by atoms with Crippen molar-refractivity contribution in [2.75, 3.05) is 0 Å². The molecule has 68 valence electrons. The van der Waals surface area contributed by atoms with Gasteiger partial charge in [-0.25, -0.2) is 4.98 Å². The Hall–Kier alpha value is -0.683. The van der Waals surface area contributed by atoms with Crippen LogP contribution >= 0.6 is 0 Å². The van der Waals surface area contributed by atoms with E-state index in [1.54, 1.807) is 12.7 Å². The molecule has 1 aromatic heterocycles. The molecule has 0 saturated carbocycles. The van der Waals surface area contributed by atoms with Crippen LogP contribution in [0.25, 0.3) is 0 Å². The summed E-state index contributed by atoms with van der Waals surface area (Å²) in [6.07, 6.45) is 4.51. The smallest absolute Gasteiger partial charge is 0.195 e. The maximum atomic E-state index is 5.67. The summed E-state index contributed by atoms with van der Waals surface area (Å²) in [5.74, 6) is 0. The van der Waals surface area contributed by atoms with E-state index < -0.39 is 9.04 Å². The Morgan fingerprint density at radius 3 is 2.83 bits per heavy atom. The van der Waals surface area contributed by atoms with Gasteiger partial charge in [0.1, 0.15) is 12.7 Å². The Kier molecular flexibility index (Phi) is 3.42. The van der Waals surface area contributed by atoms with Crippen molar-refractivity contribution in [1.82, 2.24) is 14.8 Å². The first-order chi connectivity index (χ1) is 5.68. The van der Waals surface area contributed by atoms with Gasteiger partial charge in [-0.3, -0.25) is 4.68 Å². The van der Waals surface area contributed by atoms with Crippen LogP contribution < -0.4 is 0 Å². The van der Waals surface area contributed by atoms with Crippen LogP contribution in [-0.2, 0) is 10.6 Å². The summed E-state index contributed by atoms with van der Waals surface area (Å²) in [6.45, 7) is 6.29. The third kappa shape index (κ3) is 3.14. The van der Waals surface area contributed by atoms with Gasteiger partial charge in [0.05, 0.1) is 6.17 Å². The lowest BCUT2D eigenvalue weighted by Crippen LogP contribution is -2.25. The predicted octanol–water partition coefficient (Wildman–Crippen LogP) is 0.596. The van der Waals surface area contributed by atoms with Crippen molar-refractivity contribution in [1.29, 1.82) is 0 Å². The fraction of sp³-hybridized carbons (Fsp3) is 0.714. The van der Waals surface area contributed by atoms with E-state index in [9.17, 15) is 0 Å². The van der Waals surface area contributed by atoms with Crippen LogP contribution in [0.5, 0.6) is 0 Å². The number of rotatable bonds is 4. The summed E-state index contributed by atoms with van der Waals surface area (Å²) in [5.41, 5.74) is 0. The summed E-state index contributed by atoms with van der Waals surface area (Å²) < 4.78 is 7.51. The normalized spacial score (nSPS) is 13.7. The first-order valence-electron chi connectivity index (χ1n) is 4.16. The third-order valence-corrected chi connectivity index (χ3v) is 3.31. The monoisotopic (exact) mass is 185 g/mol. The molecule has 0 bridgehead atoms. The first kappa shape index (κ1) is 9.41. The van der Waals surface area contributed by atoms with E-state index in [0.29, 0.717) is 6.10 Å². The second-order valence-electron chi connectivity index (χ2n) is 3.11. The lowest BCUT2D eigenvalue weighted by molar-refractivity contribution is 0.240. The van der Waals surface area contributed by atoms with Gasteiger partial charge in [-0.15, -0.1) is 0 Å². The molecule has 1 heterocycles. The molecular formula is C7H15N3OSi. The van der Waals surface area contributed by atoms with Gasteiger partial charge >= 0.3 is 0 Å². The molecule has 0 aromatic carbocycles. The van der Waals surface area contributed by atoms with Crippen molar-refractivity contribution in [3.63, 3.8) is 0 Å². The Labute approximate surface area is 74.3 Å². The fourth-order valence-electron chi connectivity index (χ4n) is 1.10. The first-order valence-corrected chi connectivity index (χ1v) is 6.60. The highest BCUT2D eigenvalue weighted by Crippen LogP contribution is 1.95. The molecule has 1 unspecified atom stereocenters. The van der Waals surface area contributed by atoms with E-state index in [2.05, 4.69) is 30.5 Å². The lowest BCUT2D eigenvalue weighted by Gasteiger charge is -2.14. The van der Waals surface area contributed by atoms with E-state index in [4.69, 9.17) is 4.43 Å². The molecule has 4 nitrogen and oxygen atoms in total. The SMILES string of the molecule is CC(C)O[SiH](C)Cn1cncn1. The minimum absolute atomic E-state index is 0.329. The van der Waals surface area contributed by atoms with Gasteiger partial charge in [0.25, 0.3) is 0 Å². The topological polar surface area (TPSA) is 39.9 Å². The zero-order valence-corrected chi connectivity index (χ0v) is 8.92. The molecule has 0 aliphatic rings. The second-order valence-corrected chi connectivity index (χ2v) is 5.37. The third-order valence-electron chi connectivity index (χ3n) is 1.42. The van der Waals surface area contributed by atoms with Gasteiger partial charge in [0.2, 0.25) is 0 Å². The van der Waals surface area contributed by atoms with Crippen LogP contribution in [-0.4, -0.2) is 29.9 Å². The van der Waals surface area contributed by atoms with Gasteiger partial charge in [0, 0.05) is 6.10 Å². The quantitative estimate of drug-likeness (QED) is 0.645. The van der Waals surface area contributed by atoms with Gasteiger partial charge in [-0.1, -0.05) is 0 Å². The molecule has 0 saturated heterocycles. The Balaban J connectivity index is 2.32. The number of nitrogens with zero attached hydrogens (tertiary/aromatic N) is 3. The molecule has 0 aliphatic heterocycles. The molecule has 0 N–H and O–H groups in total. The highest BCUT2D eigenvalue weighted by molar-refractivity contribution is 6.48. The standard InChI is InChI=1S/C7H15N3OSi/c1-7(2)11-12(3)6-10-5-8-4-9-10/h4-5,7,12H,6H2,1-3H3. The maximum Gasteiger partial charge on any atom is 0.195 e. The predicted molar refractivity (Wildman–Crippen MR) is 49.3 cm³/mol. The summed E-state index contributed by atoms with van der Waals surface area (Å²) in [5, 5.41) is 4.02. The zero-order valence-electron chi connectivity index (χ0n) is 7.77. The van der Waals surface area contributed by atoms with Crippen molar-refractivity contribution < 1.29 is 4.43 Å². The maximum absolute atomic E-state index is 5.67. The summed E-state index contributed by atoms with van der Waals surface area (Å²) in [6, 6.07) is 0. The van der Waals surface area contributed by atoms with Crippen LogP contribution in [0.2, 0.25) is 6.55 Å². The van der Waals surface area contributed by atoms with Gasteiger partial charge < -0.3 is 4.43 Å². The molecule has 0 amide bonds.